The van der Waals surface area contributed by atoms with Crippen molar-refractivity contribution in [2.45, 2.75) is 26.7 Å². The first-order chi connectivity index (χ1) is 11.6. The Morgan fingerprint density at radius 2 is 2.21 bits per heavy atom. The highest BCUT2D eigenvalue weighted by molar-refractivity contribution is 6.30. The number of hydrogen-bond donors (Lipinski definition) is 1. The van der Waals surface area contributed by atoms with Crippen LogP contribution in [0.1, 0.15) is 30.9 Å². The third-order valence-corrected chi connectivity index (χ3v) is 3.61. The van der Waals surface area contributed by atoms with Gasteiger partial charge in [0.2, 0.25) is 5.91 Å². The summed E-state index contributed by atoms with van der Waals surface area (Å²) in [7, 11) is 0. The highest BCUT2D eigenvalue weighted by Crippen LogP contribution is 2.21. The fourth-order valence-electron chi connectivity index (χ4n) is 2.03. The molecule has 0 unspecified atom stereocenters. The molecule has 0 saturated carbocycles. The summed E-state index contributed by atoms with van der Waals surface area (Å²) in [4.78, 5) is 15.8. The van der Waals surface area contributed by atoms with E-state index in [-0.39, 0.29) is 5.91 Å². The van der Waals surface area contributed by atoms with Gasteiger partial charge in [-0.1, -0.05) is 17.7 Å². The molecular weight excluding hydrogens is 326 g/mol. The average Bonchev–Trinajstić information content (AvgIpc) is 2.59. The number of carbonyl (C=O) groups excluding carboxylic acids is 1. The first kappa shape index (κ1) is 17.9. The van der Waals surface area contributed by atoms with Gasteiger partial charge in [-0.05, 0) is 50.1 Å². The predicted molar refractivity (Wildman–Crippen MR) is 95.5 cm³/mol. The van der Waals surface area contributed by atoms with Crippen molar-refractivity contribution in [3.05, 3.63) is 58.9 Å². The summed E-state index contributed by atoms with van der Waals surface area (Å²) < 4.78 is 5.65. The van der Waals surface area contributed by atoms with Gasteiger partial charge in [-0.2, -0.15) is 5.10 Å². The number of pyridine rings is 1. The van der Waals surface area contributed by atoms with Gasteiger partial charge >= 0.3 is 0 Å². The third-order valence-electron chi connectivity index (χ3n) is 3.37. The van der Waals surface area contributed by atoms with E-state index in [2.05, 4.69) is 15.5 Å². The van der Waals surface area contributed by atoms with Crippen molar-refractivity contribution in [2.24, 2.45) is 5.10 Å². The Kier molecular flexibility index (Phi) is 6.75. The van der Waals surface area contributed by atoms with E-state index in [1.165, 1.54) is 0 Å². The zero-order valence-corrected chi connectivity index (χ0v) is 14.5. The maximum Gasteiger partial charge on any atom is 0.240 e. The number of nitrogens with one attached hydrogen (secondary N) is 1. The second-order valence-electron chi connectivity index (χ2n) is 5.34. The molecule has 1 aromatic carbocycles. The summed E-state index contributed by atoms with van der Waals surface area (Å²) in [6.07, 6.45) is 4.34. The second kappa shape index (κ2) is 9.03. The number of halogens is 1. The Bertz CT molecular complexity index is 717. The molecular formula is C18H20ClN3O2. The fourth-order valence-corrected chi connectivity index (χ4v) is 2.26. The Hall–Kier alpha value is -2.40. The Morgan fingerprint density at radius 1 is 1.38 bits per heavy atom. The Labute approximate surface area is 146 Å². The van der Waals surface area contributed by atoms with E-state index in [0.29, 0.717) is 30.2 Å². The number of hydrazone groups is 1. The molecule has 0 atom stereocenters. The monoisotopic (exact) mass is 345 g/mol. The van der Waals surface area contributed by atoms with Crippen LogP contribution in [0.5, 0.6) is 5.75 Å². The van der Waals surface area contributed by atoms with Crippen molar-refractivity contribution in [1.82, 2.24) is 10.4 Å². The smallest absolute Gasteiger partial charge is 0.240 e. The maximum atomic E-state index is 11.8. The lowest BCUT2D eigenvalue weighted by Gasteiger charge is -2.09. The lowest BCUT2D eigenvalue weighted by atomic mass is 10.2. The average molecular weight is 346 g/mol. The van der Waals surface area contributed by atoms with E-state index in [1.807, 2.05) is 38.1 Å². The summed E-state index contributed by atoms with van der Waals surface area (Å²) in [6.45, 7) is 4.22. The molecule has 1 heterocycles. The molecule has 0 fully saturated rings. The molecule has 1 amide bonds. The van der Waals surface area contributed by atoms with Crippen LogP contribution in [-0.4, -0.2) is 23.2 Å². The number of aryl methyl sites for hydroxylation is 1. The molecule has 1 aromatic heterocycles. The fraction of sp³-hybridized carbons (Fsp3) is 0.278. The molecule has 0 spiro atoms. The van der Waals surface area contributed by atoms with Gasteiger partial charge in [0.25, 0.3) is 0 Å². The zero-order valence-electron chi connectivity index (χ0n) is 13.8. The largest absolute Gasteiger partial charge is 0.493 e. The molecule has 0 saturated heterocycles. The molecule has 0 bridgehead atoms. The van der Waals surface area contributed by atoms with Crippen LogP contribution in [0, 0.1) is 6.92 Å². The lowest BCUT2D eigenvalue weighted by molar-refractivity contribution is -0.121. The summed E-state index contributed by atoms with van der Waals surface area (Å²) in [6, 6.07) is 9.18. The van der Waals surface area contributed by atoms with E-state index in [4.69, 9.17) is 16.3 Å². The standard InChI is InChI=1S/C18H20ClN3O2/c1-13-11-16(19)7-8-17(13)24-10-4-6-18(23)22-21-14(2)15-5-3-9-20-12-15/h3,5,7-9,11-12H,4,6,10H2,1-2H3,(H,22,23)/b21-14+. The van der Waals surface area contributed by atoms with Crippen LogP contribution in [0.25, 0.3) is 0 Å². The van der Waals surface area contributed by atoms with Gasteiger partial charge in [0.1, 0.15) is 5.75 Å². The predicted octanol–water partition coefficient (Wildman–Crippen LogP) is 3.74. The van der Waals surface area contributed by atoms with Crippen LogP contribution in [-0.2, 0) is 4.79 Å². The van der Waals surface area contributed by atoms with Gasteiger partial charge < -0.3 is 4.74 Å². The maximum absolute atomic E-state index is 11.8. The minimum atomic E-state index is -0.144. The lowest BCUT2D eigenvalue weighted by Crippen LogP contribution is -2.19. The first-order valence-corrected chi connectivity index (χ1v) is 8.06. The van der Waals surface area contributed by atoms with E-state index < -0.39 is 0 Å². The van der Waals surface area contributed by atoms with E-state index >= 15 is 0 Å². The molecule has 0 radical (unpaired) electrons. The number of nitrogens with zero attached hydrogens (tertiary/aromatic N) is 2. The Morgan fingerprint density at radius 3 is 2.92 bits per heavy atom. The van der Waals surface area contributed by atoms with Gasteiger partial charge in [0.05, 0.1) is 12.3 Å². The number of carbonyl (C=O) groups is 1. The second-order valence-corrected chi connectivity index (χ2v) is 5.77. The molecule has 2 rings (SSSR count). The number of aromatic nitrogens is 1. The molecule has 24 heavy (non-hydrogen) atoms. The quantitative estimate of drug-likeness (QED) is 0.472. The number of ether oxygens (including phenoxy) is 1. The van der Waals surface area contributed by atoms with Crippen LogP contribution < -0.4 is 10.2 Å². The van der Waals surface area contributed by atoms with Crippen LogP contribution in [0.2, 0.25) is 5.02 Å². The van der Waals surface area contributed by atoms with Crippen LogP contribution in [0.4, 0.5) is 0 Å². The van der Waals surface area contributed by atoms with Gasteiger partial charge in [-0.3, -0.25) is 9.78 Å². The van der Waals surface area contributed by atoms with E-state index in [1.54, 1.807) is 18.5 Å². The van der Waals surface area contributed by atoms with Crippen LogP contribution in [0.15, 0.2) is 47.8 Å². The van der Waals surface area contributed by atoms with Crippen molar-refractivity contribution < 1.29 is 9.53 Å². The number of rotatable bonds is 7. The molecule has 0 aliphatic carbocycles. The number of amides is 1. The van der Waals surface area contributed by atoms with Crippen molar-refractivity contribution in [3.63, 3.8) is 0 Å². The third kappa shape index (κ3) is 5.66. The highest BCUT2D eigenvalue weighted by Gasteiger charge is 2.04. The summed E-state index contributed by atoms with van der Waals surface area (Å²) in [5.74, 6) is 0.639. The summed E-state index contributed by atoms with van der Waals surface area (Å²) in [5, 5.41) is 4.76. The topological polar surface area (TPSA) is 63.6 Å². The zero-order chi connectivity index (χ0) is 17.4. The van der Waals surface area contributed by atoms with Gasteiger partial charge in [-0.25, -0.2) is 5.43 Å². The molecule has 0 aliphatic rings. The van der Waals surface area contributed by atoms with Gasteiger partial charge in [-0.15, -0.1) is 0 Å². The molecule has 2 aromatic rings. The molecule has 0 aliphatic heterocycles. The van der Waals surface area contributed by atoms with Gasteiger partial charge in [0, 0.05) is 29.4 Å². The number of hydrogen-bond acceptors (Lipinski definition) is 4. The molecule has 126 valence electrons. The SMILES string of the molecule is C/C(=N\NC(=O)CCCOc1ccc(Cl)cc1C)c1cccnc1. The summed E-state index contributed by atoms with van der Waals surface area (Å²) >= 11 is 5.90. The summed E-state index contributed by atoms with van der Waals surface area (Å²) in [5.41, 5.74) is 5.11. The van der Waals surface area contributed by atoms with E-state index in [0.717, 1.165) is 16.9 Å². The highest BCUT2D eigenvalue weighted by atomic mass is 35.5. The molecule has 5 nitrogen and oxygen atoms in total. The van der Waals surface area contributed by atoms with E-state index in [9.17, 15) is 4.79 Å². The molecule has 6 heteroatoms. The minimum absolute atomic E-state index is 0.144. The van der Waals surface area contributed by atoms with Gasteiger partial charge in [0.15, 0.2) is 0 Å². The van der Waals surface area contributed by atoms with Crippen molar-refractivity contribution >= 4 is 23.2 Å². The normalized spacial score (nSPS) is 11.2. The minimum Gasteiger partial charge on any atom is -0.493 e. The number of benzene rings is 1. The molecule has 1 N–H and O–H groups in total. The van der Waals surface area contributed by atoms with Crippen molar-refractivity contribution in [3.8, 4) is 5.75 Å². The Balaban J connectivity index is 1.72. The van der Waals surface area contributed by atoms with Crippen molar-refractivity contribution in [1.29, 1.82) is 0 Å². The van der Waals surface area contributed by atoms with Crippen LogP contribution in [0.3, 0.4) is 0 Å². The van der Waals surface area contributed by atoms with Crippen molar-refractivity contribution in [2.75, 3.05) is 6.61 Å². The first-order valence-electron chi connectivity index (χ1n) is 7.69. The van der Waals surface area contributed by atoms with Crippen LogP contribution >= 0.6 is 11.6 Å².